The topological polar surface area (TPSA) is 461 Å². The van der Waals surface area contributed by atoms with E-state index in [9.17, 15) is 8.78 Å². The first-order chi connectivity index (χ1) is 67.2. The van der Waals surface area contributed by atoms with Gasteiger partial charge in [0.2, 0.25) is 47.5 Å². The molecule has 0 amide bonds. The van der Waals surface area contributed by atoms with Crippen molar-refractivity contribution in [3.63, 3.8) is 0 Å². The van der Waals surface area contributed by atoms with E-state index in [1.807, 2.05) is 103 Å². The monoisotopic (exact) mass is 1940 g/mol. The summed E-state index contributed by atoms with van der Waals surface area (Å²) in [5, 5.41) is 18.0. The van der Waals surface area contributed by atoms with E-state index in [4.69, 9.17) is 91.3 Å². The third kappa shape index (κ3) is 28.1. The average Bonchev–Trinajstić information content (AvgIpc) is 1.33. The Morgan fingerprint density at radius 2 is 0.921 bits per heavy atom. The number of anilines is 12. The molecule has 0 saturated heterocycles. The zero-order chi connectivity index (χ0) is 98.4. The third-order valence-electron chi connectivity index (χ3n) is 22.5. The first-order valence-electron chi connectivity index (χ1n) is 44.9. The first kappa shape index (κ1) is 101. The molecule has 2 aliphatic rings. The summed E-state index contributed by atoms with van der Waals surface area (Å²) >= 11 is 24.4. The molecule has 1 aliphatic heterocycles. The van der Waals surface area contributed by atoms with Crippen LogP contribution in [0.2, 0.25) is 20.1 Å². The van der Waals surface area contributed by atoms with Crippen molar-refractivity contribution in [1.82, 2.24) is 79.7 Å². The number of nitrogens with one attached hydrogen (secondary N) is 6. The van der Waals surface area contributed by atoms with Crippen LogP contribution in [-0.2, 0) is 38.5 Å². The lowest BCUT2D eigenvalue weighted by Gasteiger charge is -2.20. The Kier molecular flexibility index (Phi) is 35.7. The van der Waals surface area contributed by atoms with Crippen LogP contribution in [0.15, 0.2) is 243 Å². The van der Waals surface area contributed by atoms with Gasteiger partial charge in [0.15, 0.2) is 0 Å². The van der Waals surface area contributed by atoms with E-state index >= 15 is 0 Å². The number of aryl methyl sites for hydroxylation is 5. The summed E-state index contributed by atoms with van der Waals surface area (Å²) in [5.74, 6) is 5.18. The van der Waals surface area contributed by atoms with E-state index in [2.05, 4.69) is 219 Å². The van der Waals surface area contributed by atoms with Gasteiger partial charge < -0.3 is 76.4 Å². The minimum Gasteiger partial charge on any atom is -0.480 e. The highest BCUT2D eigenvalue weighted by molar-refractivity contribution is 6.43. The average molecular weight is 1950 g/mol. The number of pyridine rings is 1. The van der Waals surface area contributed by atoms with Gasteiger partial charge in [-0.1, -0.05) is 216 Å². The standard InChI is InChI=1S/C21H23N3.C18H18N4.C16H19N3.C13H12Cl2N4.C13H13N5.C12H11ClF2N4.C11H12ClN5O/c1-15-8-6-13-19(16(15)2)20-14-18(23-21(22)24-20)12-7-11-17-9-4-3-5-10-17;19-18-21-16(15-9-5-2-6-10-15)13-17(22-18)20-12-11-14-7-3-1-4-8-14;1-10-6-5-8-12(11(10)2)15-13-7-3-4-9-14(13)18-16(17)19-15;14-9-5-1-3-7(10(9)15)11-8-4-2-6-17-12(8)19-13(16)18-11;1-15-12-6-11(17-13(14)18-12)9-7-16-10-5-3-2-4-8(9)10;13-8-3-1-2-7(4-8)9-5-11(17-6-10(14)15)19-12(16)18-9;1-14-8-5-7(16-11(13)17-8)6-3-4-15-10(18-2)9(6)12/h3-6,8-10,13-14H,7,11-12H2,1-2H3,(H2,22,23,24);1-10,13H,11-12H2,(H3,19,20,21,22);5-6,8H,3-4,7,9H2,1-2H3,(H2,17,18,19);1,3,5H,2,4,6H2,(H3,16,17,18,19);2-7,16H,1H3,(H3,14,15,17,18);1-5,10H,6H2,(H3,16,17,18,19);3-5H,1-2H3,(H3,13,14,16,17). The molecule has 139 heavy (non-hydrogen) atoms. The number of fused-ring (bicyclic) bond motifs is 3. The fourth-order valence-electron chi connectivity index (χ4n) is 15.4. The number of nitrogens with zero attached hydrogens (tertiary/aromatic N) is 15. The first-order valence-corrected chi connectivity index (χ1v) is 46.4. The van der Waals surface area contributed by atoms with Crippen molar-refractivity contribution in [2.45, 2.75) is 98.3 Å². The zero-order valence-electron chi connectivity index (χ0n) is 77.8. The molecule has 19 rings (SSSR count). The number of nitrogens with two attached hydrogens (primary N) is 7. The molecular weight excluding hydrogens is 1840 g/mol. The Balaban J connectivity index is 0.000000137. The van der Waals surface area contributed by atoms with Gasteiger partial charge in [-0.2, -0.15) is 24.9 Å². The number of rotatable bonds is 21. The van der Waals surface area contributed by atoms with Gasteiger partial charge in [-0.25, -0.2) is 58.6 Å². The number of aromatic nitrogens is 16. The van der Waals surface area contributed by atoms with Gasteiger partial charge in [0.1, 0.15) is 34.1 Å². The number of benzene rings is 8. The Labute approximate surface area is 825 Å². The zero-order valence-corrected chi connectivity index (χ0v) is 80.8. The van der Waals surface area contributed by atoms with Crippen LogP contribution in [0.5, 0.6) is 5.88 Å². The van der Waals surface area contributed by atoms with Crippen molar-refractivity contribution in [1.29, 1.82) is 0 Å². The van der Waals surface area contributed by atoms with E-state index in [0.717, 1.165) is 160 Å². The van der Waals surface area contributed by atoms with Crippen LogP contribution in [-0.4, -0.2) is 127 Å². The number of hydrogen-bond donors (Lipinski definition) is 13. The van der Waals surface area contributed by atoms with Gasteiger partial charge in [-0.15, -0.1) is 0 Å². The van der Waals surface area contributed by atoms with Crippen molar-refractivity contribution < 1.29 is 13.5 Å². The lowest BCUT2D eigenvalue weighted by atomic mass is 9.90. The maximum Gasteiger partial charge on any atom is 0.255 e. The molecule has 0 saturated carbocycles. The van der Waals surface area contributed by atoms with E-state index in [1.165, 1.54) is 64.5 Å². The molecule has 0 radical (unpaired) electrons. The van der Waals surface area contributed by atoms with Crippen LogP contribution in [0.1, 0.15) is 81.6 Å². The Morgan fingerprint density at radius 1 is 0.417 bits per heavy atom. The Bertz CT molecular complexity index is 6900. The van der Waals surface area contributed by atoms with Crippen LogP contribution in [0.3, 0.4) is 0 Å². The molecule has 17 aromatic rings. The Morgan fingerprint density at radius 3 is 1.56 bits per heavy atom. The number of nitrogen functional groups attached to an aromatic ring is 7. The third-order valence-corrected chi connectivity index (χ3v) is 23.9. The van der Waals surface area contributed by atoms with Crippen LogP contribution < -0.4 is 71.5 Å². The molecule has 29 nitrogen and oxygen atoms in total. The van der Waals surface area contributed by atoms with Crippen molar-refractivity contribution >= 4 is 128 Å². The van der Waals surface area contributed by atoms with Gasteiger partial charge in [0, 0.05) is 141 Å². The molecule has 9 aromatic heterocycles. The van der Waals surface area contributed by atoms with Crippen molar-refractivity contribution in [2.75, 3.05) is 108 Å². The second-order valence-corrected chi connectivity index (χ2v) is 33.7. The molecule has 20 N–H and O–H groups in total. The highest BCUT2D eigenvalue weighted by Gasteiger charge is 2.24. The summed E-state index contributed by atoms with van der Waals surface area (Å²) in [5.41, 5.74) is 65.7. The Hall–Kier alpha value is -15.6. The predicted octanol–water partition coefficient (Wildman–Crippen LogP) is 21.6. The van der Waals surface area contributed by atoms with Gasteiger partial charge in [-0.05, 0) is 162 Å². The van der Waals surface area contributed by atoms with Gasteiger partial charge in [0.25, 0.3) is 6.43 Å². The summed E-state index contributed by atoms with van der Waals surface area (Å²) in [4.78, 5) is 66.6. The molecule has 35 heteroatoms. The number of alkyl halides is 2. The van der Waals surface area contributed by atoms with Crippen LogP contribution in [0, 0.1) is 27.7 Å². The van der Waals surface area contributed by atoms with Crippen LogP contribution in [0.4, 0.5) is 79.5 Å². The summed E-state index contributed by atoms with van der Waals surface area (Å²) in [6.45, 7) is 9.72. The van der Waals surface area contributed by atoms with Crippen LogP contribution >= 0.6 is 46.4 Å². The largest absolute Gasteiger partial charge is 0.480 e. The predicted molar refractivity (Wildman–Crippen MR) is 562 cm³/mol. The molecule has 0 atom stereocenters. The SMILES string of the molecule is CNc1cc(-c2c[nH]c3ccccc23)nc(N)n1.CNc1cc(-c2ccnc(OC)c2Cl)nc(N)n1.Cc1cccc(-c2cc(CCCc3ccccc3)nc(N)n2)c1C.Cc1cccc(-c2nc(N)nc3c2CCCC3)c1C.Nc1nc(NCC(F)F)cc(-c2cccc(Cl)c2)n1.Nc1nc(NCCc2ccccc2)cc(-c2ccccc2)n1.Nc1nc2c(c(-c3cccc(Cl)c3Cl)n1)CCCN2. The summed E-state index contributed by atoms with van der Waals surface area (Å²) in [7, 11) is 5.06. The number of hydrogen-bond acceptors (Lipinski definition) is 28. The van der Waals surface area contributed by atoms with Gasteiger partial charge in [0.05, 0.1) is 63.6 Å². The highest BCUT2D eigenvalue weighted by atomic mass is 35.5. The minimum atomic E-state index is -2.47. The molecular formula is C104H108Cl4F2N28O. The molecule has 712 valence electrons. The maximum atomic E-state index is 12.1. The fourth-order valence-corrected chi connectivity index (χ4v) is 16.2. The lowest BCUT2D eigenvalue weighted by Crippen LogP contribution is -2.16. The molecule has 0 unspecified atom stereocenters. The molecule has 10 heterocycles. The summed E-state index contributed by atoms with van der Waals surface area (Å²) < 4.78 is 29.3. The quantitative estimate of drug-likeness (QED) is 0.0318. The van der Waals surface area contributed by atoms with Gasteiger partial charge >= 0.3 is 0 Å². The highest BCUT2D eigenvalue weighted by Crippen LogP contribution is 2.40. The van der Waals surface area contributed by atoms with E-state index in [0.29, 0.717) is 66.5 Å². The number of methoxy groups -OCH3 is 1. The fraction of sp³-hybridized carbons (Fsp3) is 0.202. The minimum absolute atomic E-state index is 0.00856. The molecule has 0 bridgehead atoms. The number of aromatic amines is 1. The lowest BCUT2D eigenvalue weighted by molar-refractivity contribution is 0.163. The van der Waals surface area contributed by atoms with E-state index in [1.54, 1.807) is 68.8 Å². The van der Waals surface area contributed by atoms with Crippen molar-refractivity contribution in [2.24, 2.45) is 0 Å². The smallest absolute Gasteiger partial charge is 0.255 e. The molecule has 0 spiro atoms. The maximum absolute atomic E-state index is 12.1. The van der Waals surface area contributed by atoms with Crippen LogP contribution in [0.25, 0.3) is 89.7 Å². The second-order valence-electron chi connectivity index (χ2n) is 32.1. The molecule has 8 aromatic carbocycles. The number of ether oxygens (including phenoxy) is 1. The summed E-state index contributed by atoms with van der Waals surface area (Å²) in [6, 6.07) is 75.0. The number of halogens is 6. The van der Waals surface area contributed by atoms with Crippen molar-refractivity contribution in [3.8, 4) is 84.7 Å². The molecule has 0 fully saturated rings. The number of para-hydroxylation sites is 1. The van der Waals surface area contributed by atoms with E-state index in [-0.39, 0.29) is 35.6 Å². The van der Waals surface area contributed by atoms with Gasteiger partial charge in [-0.3, -0.25) is 0 Å². The molecule has 1 aliphatic carbocycles. The van der Waals surface area contributed by atoms with E-state index < -0.39 is 13.0 Å². The number of H-pyrrole nitrogens is 1. The normalized spacial score (nSPS) is 11.5. The summed E-state index contributed by atoms with van der Waals surface area (Å²) in [6.07, 6.45) is 11.5. The second kappa shape index (κ2) is 49.3. The van der Waals surface area contributed by atoms with Crippen molar-refractivity contribution in [3.05, 3.63) is 319 Å².